The molecule has 0 saturated carbocycles. The van der Waals surface area contributed by atoms with Gasteiger partial charge in [0.05, 0.1) is 17.8 Å². The minimum atomic E-state index is -0.492. The highest BCUT2D eigenvalue weighted by Gasteiger charge is 2.27. The second-order valence-corrected chi connectivity index (χ2v) is 8.44. The highest BCUT2D eigenvalue weighted by atomic mass is 32.2. The number of hydrogen-bond donors (Lipinski definition) is 1. The Morgan fingerprint density at radius 2 is 2.12 bits per heavy atom. The zero-order valence-electron chi connectivity index (χ0n) is 14.1. The van der Waals surface area contributed by atoms with E-state index in [-0.39, 0.29) is 11.9 Å². The van der Waals surface area contributed by atoms with Gasteiger partial charge in [0.2, 0.25) is 0 Å². The lowest BCUT2D eigenvalue weighted by Crippen LogP contribution is -2.39. The van der Waals surface area contributed by atoms with E-state index >= 15 is 0 Å². The van der Waals surface area contributed by atoms with Crippen LogP contribution in [0.5, 0.6) is 0 Å². The average molecular weight is 367 g/mol. The third kappa shape index (κ3) is 3.62. The van der Waals surface area contributed by atoms with Gasteiger partial charge in [-0.05, 0) is 32.9 Å². The maximum Gasteiger partial charge on any atom is 0.273 e. The van der Waals surface area contributed by atoms with Gasteiger partial charge in [-0.1, -0.05) is 17.0 Å². The zero-order valence-corrected chi connectivity index (χ0v) is 15.7. The maximum absolute atomic E-state index is 12.5. The first-order valence-electron chi connectivity index (χ1n) is 7.88. The normalized spacial score (nSPS) is 16.6. The van der Waals surface area contributed by atoms with E-state index in [1.165, 1.54) is 11.3 Å². The van der Waals surface area contributed by atoms with E-state index < -0.39 is 5.54 Å². The van der Waals surface area contributed by atoms with E-state index in [0.29, 0.717) is 18.8 Å². The van der Waals surface area contributed by atoms with Crippen molar-refractivity contribution in [2.24, 2.45) is 5.73 Å². The third-order valence-electron chi connectivity index (χ3n) is 4.17. The lowest BCUT2D eigenvalue weighted by Gasteiger charge is -2.31. The summed E-state index contributed by atoms with van der Waals surface area (Å²) in [7, 11) is 0. The molecule has 2 aromatic heterocycles. The van der Waals surface area contributed by atoms with Crippen molar-refractivity contribution in [2.45, 2.75) is 42.6 Å². The first-order chi connectivity index (χ1) is 11.4. The topological polar surface area (TPSA) is 89.9 Å². The van der Waals surface area contributed by atoms with Gasteiger partial charge < -0.3 is 10.6 Å². The van der Waals surface area contributed by atoms with Crippen molar-refractivity contribution >= 4 is 29.0 Å². The molecule has 3 heterocycles. The van der Waals surface area contributed by atoms with Crippen molar-refractivity contribution in [1.29, 1.82) is 0 Å². The molecule has 3 rings (SSSR count). The van der Waals surface area contributed by atoms with Gasteiger partial charge in [-0.25, -0.2) is 9.67 Å². The van der Waals surface area contributed by atoms with Gasteiger partial charge in [-0.15, -0.1) is 16.4 Å². The highest BCUT2D eigenvalue weighted by Crippen LogP contribution is 2.26. The monoisotopic (exact) mass is 366 g/mol. The molecule has 1 aliphatic heterocycles. The summed E-state index contributed by atoms with van der Waals surface area (Å²) in [4.78, 5) is 18.8. The van der Waals surface area contributed by atoms with Gasteiger partial charge in [0.15, 0.2) is 0 Å². The maximum atomic E-state index is 12.5. The summed E-state index contributed by atoms with van der Waals surface area (Å²) in [5.74, 6) is 0.0207. The second-order valence-electron chi connectivity index (χ2n) is 6.53. The molecule has 24 heavy (non-hydrogen) atoms. The van der Waals surface area contributed by atoms with Crippen LogP contribution in [0.1, 0.15) is 48.9 Å². The molecular weight excluding hydrogens is 344 g/mol. The lowest BCUT2D eigenvalue weighted by atomic mass is 10.0. The van der Waals surface area contributed by atoms with Crippen LogP contribution >= 0.6 is 23.1 Å². The van der Waals surface area contributed by atoms with E-state index in [1.807, 2.05) is 41.3 Å². The molecule has 1 fully saturated rings. The molecule has 7 nitrogen and oxygen atoms in total. The lowest BCUT2D eigenvalue weighted by molar-refractivity contribution is 0.0683. The molecule has 0 unspecified atom stereocenters. The molecule has 0 aliphatic carbocycles. The highest BCUT2D eigenvalue weighted by molar-refractivity contribution is 8.00. The summed E-state index contributed by atoms with van der Waals surface area (Å²) < 4.78 is 2.81. The number of likely N-dealkylation sites (tertiary alicyclic amines) is 1. The van der Waals surface area contributed by atoms with Gasteiger partial charge in [0, 0.05) is 18.5 Å². The first kappa shape index (κ1) is 17.4. The van der Waals surface area contributed by atoms with Crippen molar-refractivity contribution in [1.82, 2.24) is 24.9 Å². The number of amides is 1. The van der Waals surface area contributed by atoms with E-state index in [2.05, 4.69) is 15.3 Å². The smallest absolute Gasteiger partial charge is 0.273 e. The van der Waals surface area contributed by atoms with Crippen LogP contribution in [0.25, 0.3) is 0 Å². The molecule has 2 N–H and O–H groups in total. The number of nitrogens with two attached hydrogens (primary N) is 1. The molecule has 0 bridgehead atoms. The minimum absolute atomic E-state index is 0.0207. The Bertz CT molecular complexity index is 712. The van der Waals surface area contributed by atoms with Gasteiger partial charge >= 0.3 is 0 Å². The van der Waals surface area contributed by atoms with Gasteiger partial charge in [0.1, 0.15) is 15.7 Å². The number of thiazole rings is 1. The van der Waals surface area contributed by atoms with Crippen LogP contribution < -0.4 is 5.73 Å². The van der Waals surface area contributed by atoms with Crippen LogP contribution in [0.4, 0.5) is 0 Å². The second kappa shape index (κ2) is 6.81. The molecule has 0 spiro atoms. The summed E-state index contributed by atoms with van der Waals surface area (Å²) in [6.07, 6.45) is 5.61. The molecule has 9 heteroatoms. The largest absolute Gasteiger partial charge is 0.337 e. The van der Waals surface area contributed by atoms with E-state index in [9.17, 15) is 4.79 Å². The van der Waals surface area contributed by atoms with Crippen molar-refractivity contribution in [2.75, 3.05) is 19.3 Å². The summed E-state index contributed by atoms with van der Waals surface area (Å²) in [6, 6.07) is 0.259. The summed E-state index contributed by atoms with van der Waals surface area (Å²) in [6.45, 7) is 5.24. The standard InChI is InChI=1S/C15H22N6OS2/c1-15(2,16)12-8-21(19-18-12)10-4-6-20(7-5-10)13(22)11-9-24-14(17-11)23-3/h8-10H,4-7,16H2,1-3H3. The quantitative estimate of drug-likeness (QED) is 0.834. The van der Waals surface area contributed by atoms with Crippen LogP contribution in [0, 0.1) is 0 Å². The van der Waals surface area contributed by atoms with Crippen LogP contribution in [0.2, 0.25) is 0 Å². The molecule has 1 aliphatic rings. The third-order valence-corrected chi connectivity index (χ3v) is 6.04. The number of piperidine rings is 1. The van der Waals surface area contributed by atoms with E-state index in [1.54, 1.807) is 11.8 Å². The molecule has 1 amide bonds. The van der Waals surface area contributed by atoms with Crippen molar-refractivity contribution in [3.63, 3.8) is 0 Å². The van der Waals surface area contributed by atoms with Crippen LogP contribution in [-0.4, -0.2) is 50.1 Å². The summed E-state index contributed by atoms with van der Waals surface area (Å²) >= 11 is 3.08. The SMILES string of the molecule is CSc1nc(C(=O)N2CCC(n3cc(C(C)(C)N)nn3)CC2)cs1. The fraction of sp³-hybridized carbons (Fsp3) is 0.600. The van der Waals surface area contributed by atoms with Crippen LogP contribution in [-0.2, 0) is 5.54 Å². The Morgan fingerprint density at radius 3 is 2.67 bits per heavy atom. The Balaban J connectivity index is 1.61. The van der Waals surface area contributed by atoms with E-state index in [0.717, 1.165) is 22.9 Å². The van der Waals surface area contributed by atoms with Crippen molar-refractivity contribution in [3.8, 4) is 0 Å². The van der Waals surface area contributed by atoms with Gasteiger partial charge in [-0.2, -0.15) is 0 Å². The van der Waals surface area contributed by atoms with Gasteiger partial charge in [0.25, 0.3) is 5.91 Å². The molecule has 0 radical (unpaired) electrons. The number of aromatic nitrogens is 4. The van der Waals surface area contributed by atoms with Crippen LogP contribution in [0.3, 0.4) is 0 Å². The number of rotatable bonds is 4. The van der Waals surface area contributed by atoms with Crippen molar-refractivity contribution < 1.29 is 4.79 Å². The Hall–Kier alpha value is -1.45. The zero-order chi connectivity index (χ0) is 17.3. The fourth-order valence-electron chi connectivity index (χ4n) is 2.70. The average Bonchev–Trinajstić information content (AvgIpc) is 3.23. The molecular formula is C15H22N6OS2. The molecule has 130 valence electrons. The predicted molar refractivity (Wildman–Crippen MR) is 95.3 cm³/mol. The Kier molecular flexibility index (Phi) is 4.93. The molecule has 2 aromatic rings. The molecule has 0 atom stereocenters. The fourth-order valence-corrected chi connectivity index (χ4v) is 3.93. The number of hydrogen-bond acceptors (Lipinski definition) is 7. The Morgan fingerprint density at radius 1 is 1.42 bits per heavy atom. The number of carbonyl (C=O) groups excluding carboxylic acids is 1. The predicted octanol–water partition coefficient (Wildman–Crippen LogP) is 2.13. The van der Waals surface area contributed by atoms with Gasteiger partial charge in [-0.3, -0.25) is 4.79 Å². The van der Waals surface area contributed by atoms with E-state index in [4.69, 9.17) is 5.73 Å². The summed E-state index contributed by atoms with van der Waals surface area (Å²) in [5, 5.41) is 10.2. The minimum Gasteiger partial charge on any atom is -0.337 e. The number of carbonyl (C=O) groups is 1. The summed E-state index contributed by atoms with van der Waals surface area (Å²) in [5.41, 5.74) is 6.91. The van der Waals surface area contributed by atoms with Crippen molar-refractivity contribution in [3.05, 3.63) is 23.0 Å². The molecule has 1 saturated heterocycles. The Labute approximate surface area is 149 Å². The first-order valence-corrected chi connectivity index (χ1v) is 9.99. The number of thioether (sulfide) groups is 1. The van der Waals surface area contributed by atoms with Crippen LogP contribution in [0.15, 0.2) is 15.9 Å². The molecule has 0 aromatic carbocycles. The number of nitrogens with zero attached hydrogens (tertiary/aromatic N) is 5.